The first-order valence-corrected chi connectivity index (χ1v) is 13.4. The number of methoxy groups -OCH3 is 1. The molecule has 0 saturated heterocycles. The second-order valence-electron chi connectivity index (χ2n) is 10.8. The van der Waals surface area contributed by atoms with E-state index in [4.69, 9.17) is 18.6 Å². The first kappa shape index (κ1) is 26.7. The van der Waals surface area contributed by atoms with Gasteiger partial charge in [0, 0.05) is 17.2 Å². The van der Waals surface area contributed by atoms with Crippen LogP contribution in [0.25, 0.3) is 33.6 Å². The van der Waals surface area contributed by atoms with Crippen molar-refractivity contribution in [3.05, 3.63) is 60.9 Å². The van der Waals surface area contributed by atoms with Crippen molar-refractivity contribution >= 4 is 22.9 Å². The topological polar surface area (TPSA) is 95.7 Å². The van der Waals surface area contributed by atoms with Crippen LogP contribution in [-0.4, -0.2) is 47.4 Å². The third-order valence-electron chi connectivity index (χ3n) is 6.73. The van der Waals surface area contributed by atoms with Gasteiger partial charge in [0.2, 0.25) is 5.71 Å². The van der Waals surface area contributed by atoms with Crippen molar-refractivity contribution in [1.82, 2.24) is 9.97 Å². The lowest BCUT2D eigenvalue weighted by atomic mass is 9.92. The van der Waals surface area contributed by atoms with E-state index in [0.717, 1.165) is 65.1 Å². The second kappa shape index (κ2) is 11.5. The lowest BCUT2D eigenvalue weighted by molar-refractivity contribution is -0.162. The fourth-order valence-electron chi connectivity index (χ4n) is 5.05. The fraction of sp³-hybridized carbons (Fsp3) is 0.387. The summed E-state index contributed by atoms with van der Waals surface area (Å²) in [4.78, 5) is 21.3. The Bertz CT molecular complexity index is 1410. The average molecular weight is 530 g/mol. The first-order chi connectivity index (χ1) is 18.8. The van der Waals surface area contributed by atoms with Crippen molar-refractivity contribution in [2.45, 2.75) is 64.2 Å². The quantitative estimate of drug-likeness (QED) is 0.254. The Morgan fingerprint density at radius 2 is 1.79 bits per heavy atom. The van der Waals surface area contributed by atoms with E-state index in [2.05, 4.69) is 15.3 Å². The molecule has 0 amide bonds. The van der Waals surface area contributed by atoms with E-state index in [1.165, 1.54) is 6.33 Å². The Hall–Kier alpha value is -3.91. The molecule has 2 heterocycles. The van der Waals surface area contributed by atoms with Crippen molar-refractivity contribution in [3.63, 3.8) is 0 Å². The average Bonchev–Trinajstić information content (AvgIpc) is 3.32. The molecule has 1 aliphatic rings. The minimum Gasteiger partial charge on any atom is -0.497 e. The van der Waals surface area contributed by atoms with Gasteiger partial charge >= 0.3 is 5.97 Å². The van der Waals surface area contributed by atoms with Crippen molar-refractivity contribution in [3.8, 4) is 28.2 Å². The molecule has 8 nitrogen and oxygen atoms in total. The zero-order valence-corrected chi connectivity index (χ0v) is 22.9. The number of esters is 1. The molecule has 0 aliphatic heterocycles. The SMILES string of the molecule is COc1ccc(-c2c(-c3ccccc3)oc3ncnc(N[C@@H]4CCC[C@@H](OCC(=O)OC(C)(C)C)C4)c23)cc1. The minimum atomic E-state index is -0.528. The van der Waals surface area contributed by atoms with Gasteiger partial charge in [0.15, 0.2) is 0 Å². The maximum Gasteiger partial charge on any atom is 0.332 e. The van der Waals surface area contributed by atoms with Crippen molar-refractivity contribution in [1.29, 1.82) is 0 Å². The largest absolute Gasteiger partial charge is 0.497 e. The van der Waals surface area contributed by atoms with E-state index >= 15 is 0 Å². The van der Waals surface area contributed by atoms with Crippen LogP contribution in [-0.2, 0) is 14.3 Å². The van der Waals surface area contributed by atoms with Crippen molar-refractivity contribution in [2.75, 3.05) is 19.0 Å². The zero-order chi connectivity index (χ0) is 27.4. The molecule has 0 bridgehead atoms. The zero-order valence-electron chi connectivity index (χ0n) is 22.9. The third-order valence-corrected chi connectivity index (χ3v) is 6.73. The Balaban J connectivity index is 1.43. The normalized spacial score (nSPS) is 17.6. The molecule has 1 fully saturated rings. The number of anilines is 1. The minimum absolute atomic E-state index is 0.0358. The summed E-state index contributed by atoms with van der Waals surface area (Å²) in [6, 6.07) is 18.1. The van der Waals surface area contributed by atoms with Crippen LogP contribution >= 0.6 is 0 Å². The number of carbonyl (C=O) groups is 1. The van der Waals surface area contributed by atoms with Gasteiger partial charge in [-0.25, -0.2) is 14.8 Å². The maximum absolute atomic E-state index is 12.2. The van der Waals surface area contributed by atoms with Gasteiger partial charge in [-0.05, 0) is 64.2 Å². The second-order valence-corrected chi connectivity index (χ2v) is 10.8. The number of furan rings is 1. The molecule has 2 aromatic carbocycles. The summed E-state index contributed by atoms with van der Waals surface area (Å²) in [6.45, 7) is 5.52. The molecule has 8 heteroatoms. The summed E-state index contributed by atoms with van der Waals surface area (Å²) in [5.41, 5.74) is 2.86. The summed E-state index contributed by atoms with van der Waals surface area (Å²) < 4.78 is 23.1. The number of nitrogens with zero attached hydrogens (tertiary/aromatic N) is 2. The molecule has 39 heavy (non-hydrogen) atoms. The molecule has 2 aromatic heterocycles. The summed E-state index contributed by atoms with van der Waals surface area (Å²) in [7, 11) is 1.65. The molecule has 0 unspecified atom stereocenters. The van der Waals surface area contributed by atoms with Crippen LogP contribution in [0.4, 0.5) is 5.82 Å². The van der Waals surface area contributed by atoms with Crippen LogP contribution in [0, 0.1) is 0 Å². The van der Waals surface area contributed by atoms with Crippen LogP contribution in [0.2, 0.25) is 0 Å². The molecule has 0 spiro atoms. The van der Waals surface area contributed by atoms with Crippen LogP contribution in [0.5, 0.6) is 5.75 Å². The number of fused-ring (bicyclic) bond motifs is 1. The summed E-state index contributed by atoms with van der Waals surface area (Å²) >= 11 is 0. The molecular formula is C31H35N3O5. The summed E-state index contributed by atoms with van der Waals surface area (Å²) in [6.07, 6.45) is 5.11. The molecule has 2 atom stereocenters. The lowest BCUT2D eigenvalue weighted by Gasteiger charge is -2.30. The number of rotatable bonds is 8. The number of carbonyl (C=O) groups excluding carboxylic acids is 1. The van der Waals surface area contributed by atoms with Gasteiger partial charge in [0.05, 0.1) is 18.6 Å². The Morgan fingerprint density at radius 1 is 1.03 bits per heavy atom. The fourth-order valence-corrected chi connectivity index (χ4v) is 5.05. The van der Waals surface area contributed by atoms with Crippen molar-refractivity contribution < 1.29 is 23.4 Å². The molecule has 5 rings (SSSR count). The summed E-state index contributed by atoms with van der Waals surface area (Å²) in [5, 5.41) is 4.48. The number of aromatic nitrogens is 2. The highest BCUT2D eigenvalue weighted by atomic mass is 16.6. The predicted molar refractivity (Wildman–Crippen MR) is 151 cm³/mol. The Morgan fingerprint density at radius 3 is 2.51 bits per heavy atom. The monoisotopic (exact) mass is 529 g/mol. The number of ether oxygens (including phenoxy) is 3. The van der Waals surface area contributed by atoms with E-state index in [1.807, 2.05) is 75.4 Å². The third kappa shape index (κ3) is 6.40. The highest BCUT2D eigenvalue weighted by Crippen LogP contribution is 2.43. The van der Waals surface area contributed by atoms with Crippen LogP contribution in [0.15, 0.2) is 65.3 Å². The van der Waals surface area contributed by atoms with E-state index in [-0.39, 0.29) is 24.7 Å². The van der Waals surface area contributed by atoms with Crippen LogP contribution in [0.3, 0.4) is 0 Å². The van der Waals surface area contributed by atoms with Crippen LogP contribution < -0.4 is 10.1 Å². The molecule has 1 aliphatic carbocycles. The highest BCUT2D eigenvalue weighted by Gasteiger charge is 2.27. The van der Waals surface area contributed by atoms with E-state index < -0.39 is 5.60 Å². The lowest BCUT2D eigenvalue weighted by Crippen LogP contribution is -2.34. The number of benzene rings is 2. The standard InChI is InChI=1S/C31H35N3O5/c1-31(2,3)39-25(35)18-37-24-12-8-11-22(17-24)34-29-27-26(20-13-15-23(36-4)16-14-20)28(21-9-6-5-7-10-21)38-30(27)33-19-32-29/h5-7,9-10,13-16,19,22,24H,8,11-12,17-18H2,1-4H3,(H,32,33,34)/t22-,24-/m1/s1. The molecule has 1 N–H and O–H groups in total. The van der Waals surface area contributed by atoms with Crippen LogP contribution in [0.1, 0.15) is 46.5 Å². The predicted octanol–water partition coefficient (Wildman–Crippen LogP) is 6.65. The van der Waals surface area contributed by atoms with Gasteiger partial charge in [0.25, 0.3) is 0 Å². The number of nitrogens with one attached hydrogen (secondary N) is 1. The smallest absolute Gasteiger partial charge is 0.332 e. The highest BCUT2D eigenvalue weighted by molar-refractivity contribution is 6.05. The van der Waals surface area contributed by atoms with Gasteiger partial charge in [-0.15, -0.1) is 0 Å². The van der Waals surface area contributed by atoms with Gasteiger partial charge in [-0.3, -0.25) is 0 Å². The Labute approximate surface area is 228 Å². The number of hydrogen-bond acceptors (Lipinski definition) is 8. The van der Waals surface area contributed by atoms with Gasteiger partial charge < -0.3 is 23.9 Å². The first-order valence-electron chi connectivity index (χ1n) is 13.4. The summed E-state index contributed by atoms with van der Waals surface area (Å²) in [5.74, 6) is 1.89. The van der Waals surface area contributed by atoms with Gasteiger partial charge in [-0.1, -0.05) is 42.5 Å². The van der Waals surface area contributed by atoms with E-state index in [9.17, 15) is 4.79 Å². The maximum atomic E-state index is 12.2. The Kier molecular flexibility index (Phi) is 7.84. The van der Waals surface area contributed by atoms with Gasteiger partial charge in [0.1, 0.15) is 35.9 Å². The molecule has 4 aromatic rings. The number of hydrogen-bond donors (Lipinski definition) is 1. The van der Waals surface area contributed by atoms with E-state index in [0.29, 0.717) is 5.71 Å². The molecule has 0 radical (unpaired) electrons. The molecule has 1 saturated carbocycles. The molecule has 204 valence electrons. The van der Waals surface area contributed by atoms with Gasteiger partial charge in [-0.2, -0.15) is 0 Å². The van der Waals surface area contributed by atoms with E-state index in [1.54, 1.807) is 7.11 Å². The van der Waals surface area contributed by atoms with Crippen molar-refractivity contribution in [2.24, 2.45) is 0 Å². The molecular weight excluding hydrogens is 494 g/mol.